The minimum absolute atomic E-state index is 1.12. The highest BCUT2D eigenvalue weighted by atomic mass is 14.1. The third kappa shape index (κ3) is 3.20. The van der Waals surface area contributed by atoms with Crippen LogP contribution in [0.25, 0.3) is 0 Å². The predicted molar refractivity (Wildman–Crippen MR) is 74.0 cm³/mol. The van der Waals surface area contributed by atoms with Gasteiger partial charge in [0.2, 0.25) is 0 Å². The van der Waals surface area contributed by atoms with Crippen molar-refractivity contribution in [2.24, 2.45) is 0 Å². The summed E-state index contributed by atoms with van der Waals surface area (Å²) in [6.07, 6.45) is 2.23. The molecule has 0 nitrogen and oxygen atoms in total. The van der Waals surface area contributed by atoms with Gasteiger partial charge in [-0.05, 0) is 35.4 Å². The van der Waals surface area contributed by atoms with E-state index in [1.54, 1.807) is 0 Å². The summed E-state index contributed by atoms with van der Waals surface area (Å²) in [5.41, 5.74) is 4.27. The van der Waals surface area contributed by atoms with Gasteiger partial charge >= 0.3 is 0 Å². The highest BCUT2D eigenvalue weighted by Crippen LogP contribution is 2.19. The van der Waals surface area contributed by atoms with E-state index in [9.17, 15) is 0 Å². The molecule has 87 valence electrons. The van der Waals surface area contributed by atoms with Crippen LogP contribution in [-0.4, -0.2) is 0 Å². The van der Waals surface area contributed by atoms with Gasteiger partial charge in [-0.1, -0.05) is 68.4 Å². The van der Waals surface area contributed by atoms with Crippen LogP contribution in [0.4, 0.5) is 0 Å². The van der Waals surface area contributed by atoms with Crippen molar-refractivity contribution >= 4 is 0 Å². The van der Waals surface area contributed by atoms with Crippen molar-refractivity contribution in [1.29, 1.82) is 0 Å². The summed E-state index contributed by atoms with van der Waals surface area (Å²) < 4.78 is 0. The third-order valence-corrected chi connectivity index (χ3v) is 3.08. The maximum atomic E-state index is 2.24. The third-order valence-electron chi connectivity index (χ3n) is 3.08. The first kappa shape index (κ1) is 11.9. The fourth-order valence-electron chi connectivity index (χ4n) is 2.15. The number of aryl methyl sites for hydroxylation is 2. The van der Waals surface area contributed by atoms with Gasteiger partial charge in [-0.3, -0.25) is 0 Å². The summed E-state index contributed by atoms with van der Waals surface area (Å²) in [5, 5.41) is 0. The summed E-state index contributed by atoms with van der Waals surface area (Å²) in [4.78, 5) is 0. The van der Waals surface area contributed by atoms with Gasteiger partial charge in [0.05, 0.1) is 0 Å². The van der Waals surface area contributed by atoms with Crippen LogP contribution in [0.15, 0.2) is 54.6 Å². The Bertz CT molecular complexity index is 454. The summed E-state index contributed by atoms with van der Waals surface area (Å²) in [6.45, 7) is 4.36. The van der Waals surface area contributed by atoms with E-state index in [0.29, 0.717) is 0 Å². The summed E-state index contributed by atoms with van der Waals surface area (Å²) in [7, 11) is 0. The fourth-order valence-corrected chi connectivity index (χ4v) is 2.15. The standard InChI is InChI=1S/C17H19/c1-14(2)17-11-7-6-10-16(17)13-12-15-8-4-3-5-9-15/h3-11H,12-13H2,1-2H3. The molecule has 1 radical (unpaired) electrons. The number of hydrogen-bond acceptors (Lipinski definition) is 0. The molecule has 0 aromatic heterocycles. The Balaban J connectivity index is 2.09. The molecule has 2 rings (SSSR count). The molecule has 0 saturated carbocycles. The van der Waals surface area contributed by atoms with E-state index in [4.69, 9.17) is 0 Å². The lowest BCUT2D eigenvalue weighted by Crippen LogP contribution is -1.99. The Morgan fingerprint density at radius 3 is 2.12 bits per heavy atom. The highest BCUT2D eigenvalue weighted by Gasteiger charge is 2.05. The molecular formula is C17H19. The van der Waals surface area contributed by atoms with Crippen molar-refractivity contribution in [1.82, 2.24) is 0 Å². The maximum absolute atomic E-state index is 2.24. The van der Waals surface area contributed by atoms with Gasteiger partial charge in [-0.2, -0.15) is 0 Å². The molecule has 0 N–H and O–H groups in total. The summed E-state index contributed by atoms with van der Waals surface area (Å²) in [6, 6.07) is 19.4. The van der Waals surface area contributed by atoms with Gasteiger partial charge in [0, 0.05) is 0 Å². The van der Waals surface area contributed by atoms with E-state index in [1.165, 1.54) is 22.6 Å². The quantitative estimate of drug-likeness (QED) is 0.719. The van der Waals surface area contributed by atoms with E-state index >= 15 is 0 Å². The molecule has 0 unspecified atom stereocenters. The van der Waals surface area contributed by atoms with Crippen molar-refractivity contribution in [2.45, 2.75) is 26.7 Å². The van der Waals surface area contributed by atoms with Crippen LogP contribution in [0.1, 0.15) is 30.5 Å². The lowest BCUT2D eigenvalue weighted by molar-refractivity contribution is 0.937. The van der Waals surface area contributed by atoms with Crippen molar-refractivity contribution < 1.29 is 0 Å². The molecule has 2 aromatic rings. The van der Waals surface area contributed by atoms with Crippen LogP contribution in [0, 0.1) is 5.92 Å². The second-order valence-corrected chi connectivity index (χ2v) is 4.64. The zero-order valence-electron chi connectivity index (χ0n) is 10.6. The maximum Gasteiger partial charge on any atom is -0.000922 e. The molecule has 2 aromatic carbocycles. The SMILES string of the molecule is C[C](C)c1ccccc1CCc1ccccc1. The molecule has 0 aliphatic carbocycles. The normalized spacial score (nSPS) is 10.8. The zero-order valence-corrected chi connectivity index (χ0v) is 10.6. The molecule has 0 bridgehead atoms. The summed E-state index contributed by atoms with van der Waals surface area (Å²) in [5.74, 6) is 1.40. The minimum atomic E-state index is 1.12. The van der Waals surface area contributed by atoms with Gasteiger partial charge < -0.3 is 0 Å². The topological polar surface area (TPSA) is 0 Å². The molecule has 0 fully saturated rings. The number of rotatable bonds is 4. The number of benzene rings is 2. The molecule has 0 heterocycles. The van der Waals surface area contributed by atoms with Crippen molar-refractivity contribution in [2.75, 3.05) is 0 Å². The van der Waals surface area contributed by atoms with Crippen LogP contribution >= 0.6 is 0 Å². The van der Waals surface area contributed by atoms with Gasteiger partial charge in [-0.25, -0.2) is 0 Å². The molecule has 0 spiro atoms. The van der Waals surface area contributed by atoms with Gasteiger partial charge in [-0.15, -0.1) is 0 Å². The van der Waals surface area contributed by atoms with E-state index in [0.717, 1.165) is 12.8 Å². The van der Waals surface area contributed by atoms with E-state index in [-0.39, 0.29) is 0 Å². The van der Waals surface area contributed by atoms with Crippen molar-refractivity contribution in [3.8, 4) is 0 Å². The van der Waals surface area contributed by atoms with Crippen molar-refractivity contribution in [3.63, 3.8) is 0 Å². The first-order chi connectivity index (χ1) is 8.27. The van der Waals surface area contributed by atoms with E-state index < -0.39 is 0 Å². The zero-order chi connectivity index (χ0) is 12.1. The van der Waals surface area contributed by atoms with Crippen LogP contribution in [0.3, 0.4) is 0 Å². The largest absolute Gasteiger partial charge is 0.0622 e. The lowest BCUT2D eigenvalue weighted by Gasteiger charge is -2.12. The van der Waals surface area contributed by atoms with Gasteiger partial charge in [0.15, 0.2) is 0 Å². The first-order valence-corrected chi connectivity index (χ1v) is 6.20. The van der Waals surface area contributed by atoms with Crippen LogP contribution < -0.4 is 0 Å². The Labute approximate surface area is 104 Å². The second kappa shape index (κ2) is 5.67. The molecular weight excluding hydrogens is 204 g/mol. The highest BCUT2D eigenvalue weighted by molar-refractivity contribution is 5.37. The Morgan fingerprint density at radius 2 is 1.41 bits per heavy atom. The fraction of sp³-hybridized carbons (Fsp3) is 0.235. The lowest BCUT2D eigenvalue weighted by atomic mass is 9.93. The minimum Gasteiger partial charge on any atom is -0.0622 e. The molecule has 0 heteroatoms. The summed E-state index contributed by atoms with van der Waals surface area (Å²) >= 11 is 0. The van der Waals surface area contributed by atoms with Crippen LogP contribution in [0.2, 0.25) is 0 Å². The molecule has 0 amide bonds. The van der Waals surface area contributed by atoms with Gasteiger partial charge in [0.1, 0.15) is 0 Å². The second-order valence-electron chi connectivity index (χ2n) is 4.64. The molecule has 0 aliphatic rings. The monoisotopic (exact) mass is 223 g/mol. The Morgan fingerprint density at radius 1 is 0.765 bits per heavy atom. The van der Waals surface area contributed by atoms with E-state index in [1.807, 2.05) is 0 Å². The Hall–Kier alpha value is -1.56. The van der Waals surface area contributed by atoms with Crippen LogP contribution in [-0.2, 0) is 12.8 Å². The smallest absolute Gasteiger partial charge is 0.000922 e. The molecule has 0 aliphatic heterocycles. The molecule has 17 heavy (non-hydrogen) atoms. The predicted octanol–water partition coefficient (Wildman–Crippen LogP) is 4.43. The molecule has 0 saturated heterocycles. The number of hydrogen-bond donors (Lipinski definition) is 0. The Kier molecular flexibility index (Phi) is 3.98. The van der Waals surface area contributed by atoms with Crippen molar-refractivity contribution in [3.05, 3.63) is 77.2 Å². The van der Waals surface area contributed by atoms with Gasteiger partial charge in [0.25, 0.3) is 0 Å². The van der Waals surface area contributed by atoms with Crippen LogP contribution in [0.5, 0.6) is 0 Å². The average Bonchev–Trinajstić information content (AvgIpc) is 2.38. The average molecular weight is 223 g/mol. The van der Waals surface area contributed by atoms with E-state index in [2.05, 4.69) is 68.4 Å². The first-order valence-electron chi connectivity index (χ1n) is 6.20. The molecule has 0 atom stereocenters.